The Labute approximate surface area is 210 Å². The van der Waals surface area contributed by atoms with Gasteiger partial charge in [0.1, 0.15) is 22.5 Å². The number of carbonyl (C=O) groups is 2. The molecular weight excluding hydrogens is 483 g/mol. The fourth-order valence-electron chi connectivity index (χ4n) is 3.65. The first-order chi connectivity index (χ1) is 17.3. The van der Waals surface area contributed by atoms with E-state index in [0.29, 0.717) is 16.9 Å². The first-order valence-electron chi connectivity index (χ1n) is 10.8. The maximum atomic E-state index is 13.5. The molecule has 0 bridgehead atoms. The lowest BCUT2D eigenvalue weighted by molar-refractivity contribution is -0.384. The minimum Gasteiger partial charge on any atom is -0.321 e. The van der Waals surface area contributed by atoms with Crippen LogP contribution in [0.2, 0.25) is 0 Å². The lowest BCUT2D eigenvalue weighted by atomic mass is 10.1. The molecule has 0 aliphatic carbocycles. The summed E-state index contributed by atoms with van der Waals surface area (Å²) in [6, 6.07) is 20.0. The van der Waals surface area contributed by atoms with Crippen LogP contribution in [0, 0.1) is 34.2 Å². The van der Waals surface area contributed by atoms with E-state index in [1.807, 2.05) is 25.1 Å². The lowest BCUT2D eigenvalue weighted by Gasteiger charge is -2.19. The number of aryl methyl sites for hydroxylation is 1. The summed E-state index contributed by atoms with van der Waals surface area (Å²) in [5.41, 5.74) is 1.95. The number of nitrogens with zero attached hydrogens (tertiary/aromatic N) is 3. The molecule has 8 nitrogen and oxygen atoms in total. The molecule has 2 amide bonds. The zero-order chi connectivity index (χ0) is 25.8. The first kappa shape index (κ1) is 24.6. The summed E-state index contributed by atoms with van der Waals surface area (Å²) in [5, 5.41) is 23.1. The molecule has 1 aliphatic rings. The molecule has 0 saturated carbocycles. The summed E-state index contributed by atoms with van der Waals surface area (Å²) in [4.78, 5) is 38.5. The third-order valence-electron chi connectivity index (χ3n) is 5.44. The molecule has 3 aromatic rings. The van der Waals surface area contributed by atoms with Gasteiger partial charge in [-0.15, -0.1) is 0 Å². The average Bonchev–Trinajstić information content (AvgIpc) is 3.17. The van der Waals surface area contributed by atoms with Gasteiger partial charge in [0.15, 0.2) is 0 Å². The lowest BCUT2D eigenvalue weighted by Crippen LogP contribution is -2.30. The molecule has 1 saturated heterocycles. The van der Waals surface area contributed by atoms with Gasteiger partial charge in [0.25, 0.3) is 11.6 Å². The van der Waals surface area contributed by atoms with Gasteiger partial charge in [0, 0.05) is 23.5 Å². The third kappa shape index (κ3) is 5.26. The maximum absolute atomic E-state index is 13.5. The second kappa shape index (κ2) is 10.4. The van der Waals surface area contributed by atoms with Gasteiger partial charge in [-0.2, -0.15) is 5.26 Å². The number of nitriles is 1. The molecule has 1 N–H and O–H groups in total. The summed E-state index contributed by atoms with van der Waals surface area (Å²) in [7, 11) is 0. The third-order valence-corrected chi connectivity index (χ3v) is 6.71. The molecule has 0 spiro atoms. The van der Waals surface area contributed by atoms with E-state index in [4.69, 9.17) is 0 Å². The van der Waals surface area contributed by atoms with Gasteiger partial charge in [-0.25, -0.2) is 4.39 Å². The van der Waals surface area contributed by atoms with Gasteiger partial charge in [-0.05, 0) is 55.3 Å². The van der Waals surface area contributed by atoms with Gasteiger partial charge in [-0.3, -0.25) is 24.6 Å². The van der Waals surface area contributed by atoms with E-state index in [2.05, 4.69) is 5.32 Å². The van der Waals surface area contributed by atoms with Crippen molar-refractivity contribution in [3.8, 4) is 6.07 Å². The molecule has 1 atom stereocenters. The van der Waals surface area contributed by atoms with Crippen LogP contribution in [0.15, 0.2) is 83.4 Å². The number of benzene rings is 3. The SMILES string of the molecule is Cc1ccc(N2C(=O)C(Cc3cccc([N+](=O)[O-])c3)SC2=C(C#N)C(=O)Nc2ccc(F)cc2)cc1. The molecule has 1 heterocycles. The van der Waals surface area contributed by atoms with Crippen molar-refractivity contribution < 1.29 is 18.9 Å². The van der Waals surface area contributed by atoms with Gasteiger partial charge in [-0.1, -0.05) is 41.6 Å². The molecule has 0 aromatic heterocycles. The normalized spacial score (nSPS) is 16.4. The zero-order valence-electron chi connectivity index (χ0n) is 19.0. The standard InChI is InChI=1S/C26H19FN4O4S/c1-16-5-11-20(12-6-16)30-25(33)23(14-17-3-2-4-21(13-17)31(34)35)36-26(30)22(15-28)24(32)29-19-9-7-18(27)8-10-19/h2-13,23H,14H2,1H3,(H,29,32). The highest BCUT2D eigenvalue weighted by atomic mass is 32.2. The molecule has 0 radical (unpaired) electrons. The summed E-state index contributed by atoms with van der Waals surface area (Å²) >= 11 is 1.05. The molecule has 36 heavy (non-hydrogen) atoms. The number of anilines is 2. The fraction of sp³-hybridized carbons (Fsp3) is 0.115. The molecule has 1 unspecified atom stereocenters. The molecule has 1 fully saturated rings. The number of halogens is 1. The number of hydrogen-bond acceptors (Lipinski definition) is 6. The highest BCUT2D eigenvalue weighted by molar-refractivity contribution is 8.05. The molecule has 4 rings (SSSR count). The largest absolute Gasteiger partial charge is 0.321 e. The monoisotopic (exact) mass is 502 g/mol. The molecule has 3 aromatic carbocycles. The van der Waals surface area contributed by atoms with Gasteiger partial charge in [0.05, 0.1) is 10.2 Å². The van der Waals surface area contributed by atoms with Crippen molar-refractivity contribution in [1.82, 2.24) is 0 Å². The van der Waals surface area contributed by atoms with Crippen molar-refractivity contribution in [3.05, 3.63) is 110 Å². The Kier molecular flexibility index (Phi) is 7.12. The van der Waals surface area contributed by atoms with Crippen LogP contribution in [0.25, 0.3) is 0 Å². The Morgan fingerprint density at radius 3 is 2.50 bits per heavy atom. The van der Waals surface area contributed by atoms with Crippen molar-refractivity contribution in [3.63, 3.8) is 0 Å². The van der Waals surface area contributed by atoms with Crippen LogP contribution < -0.4 is 10.2 Å². The minimum atomic E-state index is -0.743. The molecular formula is C26H19FN4O4S. The van der Waals surface area contributed by atoms with Crippen molar-refractivity contribution in [2.45, 2.75) is 18.6 Å². The topological polar surface area (TPSA) is 116 Å². The predicted octanol–water partition coefficient (Wildman–Crippen LogP) is 5.11. The second-order valence-corrected chi connectivity index (χ2v) is 9.19. The Hall–Kier alpha value is -4.49. The maximum Gasteiger partial charge on any atom is 0.269 e. The number of amides is 2. The van der Waals surface area contributed by atoms with Crippen molar-refractivity contribution in [2.24, 2.45) is 0 Å². The molecule has 1 aliphatic heterocycles. The van der Waals surface area contributed by atoms with Crippen molar-refractivity contribution >= 4 is 40.6 Å². The highest BCUT2D eigenvalue weighted by Gasteiger charge is 2.41. The van der Waals surface area contributed by atoms with Crippen LogP contribution in [-0.2, 0) is 16.0 Å². The van der Waals surface area contributed by atoms with Crippen LogP contribution in [0.4, 0.5) is 21.5 Å². The minimum absolute atomic E-state index is 0.0921. The number of thioether (sulfide) groups is 1. The van der Waals surface area contributed by atoms with Crippen LogP contribution in [0.3, 0.4) is 0 Å². The van der Waals surface area contributed by atoms with E-state index in [0.717, 1.165) is 17.3 Å². The number of carbonyl (C=O) groups excluding carboxylic acids is 2. The summed E-state index contributed by atoms with van der Waals surface area (Å²) in [6.07, 6.45) is 0.162. The number of nitrogens with one attached hydrogen (secondary N) is 1. The predicted molar refractivity (Wildman–Crippen MR) is 135 cm³/mol. The number of hydrogen-bond donors (Lipinski definition) is 1. The van der Waals surface area contributed by atoms with E-state index >= 15 is 0 Å². The molecule has 180 valence electrons. The Morgan fingerprint density at radius 2 is 1.86 bits per heavy atom. The Morgan fingerprint density at radius 1 is 1.17 bits per heavy atom. The summed E-state index contributed by atoms with van der Waals surface area (Å²) in [5.74, 6) is -1.57. The smallest absolute Gasteiger partial charge is 0.269 e. The van der Waals surface area contributed by atoms with E-state index in [9.17, 15) is 29.4 Å². The molecule has 10 heteroatoms. The van der Waals surface area contributed by atoms with Crippen LogP contribution in [0.5, 0.6) is 0 Å². The van der Waals surface area contributed by atoms with E-state index in [1.54, 1.807) is 24.3 Å². The number of nitro benzene ring substituents is 1. The van der Waals surface area contributed by atoms with Crippen LogP contribution in [-0.4, -0.2) is 22.0 Å². The van der Waals surface area contributed by atoms with E-state index in [1.165, 1.54) is 41.3 Å². The quantitative estimate of drug-likeness (QED) is 0.217. The number of rotatable bonds is 6. The van der Waals surface area contributed by atoms with Gasteiger partial charge < -0.3 is 5.32 Å². The van der Waals surface area contributed by atoms with E-state index < -0.39 is 21.9 Å². The Balaban J connectivity index is 1.72. The van der Waals surface area contributed by atoms with Crippen molar-refractivity contribution in [1.29, 1.82) is 5.26 Å². The average molecular weight is 503 g/mol. The number of nitro groups is 1. The Bertz CT molecular complexity index is 1420. The highest BCUT2D eigenvalue weighted by Crippen LogP contribution is 2.42. The van der Waals surface area contributed by atoms with Crippen LogP contribution in [0.1, 0.15) is 11.1 Å². The van der Waals surface area contributed by atoms with Gasteiger partial charge in [0.2, 0.25) is 5.91 Å². The fourth-order valence-corrected chi connectivity index (χ4v) is 4.96. The van der Waals surface area contributed by atoms with Gasteiger partial charge >= 0.3 is 0 Å². The summed E-state index contributed by atoms with van der Waals surface area (Å²) < 4.78 is 13.2. The number of non-ortho nitro benzene ring substituents is 1. The van der Waals surface area contributed by atoms with Crippen LogP contribution >= 0.6 is 11.8 Å². The zero-order valence-corrected chi connectivity index (χ0v) is 19.8. The second-order valence-electron chi connectivity index (χ2n) is 8.00. The summed E-state index contributed by atoms with van der Waals surface area (Å²) in [6.45, 7) is 1.89. The first-order valence-corrected chi connectivity index (χ1v) is 11.7. The van der Waals surface area contributed by atoms with Crippen molar-refractivity contribution in [2.75, 3.05) is 10.2 Å². The van der Waals surface area contributed by atoms with E-state index in [-0.39, 0.29) is 28.6 Å².